The summed E-state index contributed by atoms with van der Waals surface area (Å²) >= 11 is 0. The zero-order valence-electron chi connectivity index (χ0n) is 12.1. The fourth-order valence-corrected chi connectivity index (χ4v) is 2.71. The van der Waals surface area contributed by atoms with Crippen LogP contribution in [0.5, 0.6) is 0 Å². The topological polar surface area (TPSA) is 75.4 Å². The second-order valence-electron chi connectivity index (χ2n) is 5.32. The monoisotopic (exact) mass is 299 g/mol. The number of carbonyl (C=O) groups excluding carboxylic acids is 1. The number of para-hydroxylation sites is 1. The van der Waals surface area contributed by atoms with Crippen LogP contribution >= 0.6 is 0 Å². The van der Waals surface area contributed by atoms with Gasteiger partial charge in [0.2, 0.25) is 0 Å². The Morgan fingerprint density at radius 3 is 2.91 bits per heavy atom. The summed E-state index contributed by atoms with van der Waals surface area (Å²) in [6.45, 7) is 0.954. The van der Waals surface area contributed by atoms with Gasteiger partial charge in [-0.05, 0) is 24.5 Å². The smallest absolute Gasteiger partial charge is 0.305 e. The van der Waals surface area contributed by atoms with Gasteiger partial charge in [0, 0.05) is 18.4 Å². The van der Waals surface area contributed by atoms with Gasteiger partial charge >= 0.3 is 5.97 Å². The van der Waals surface area contributed by atoms with Crippen molar-refractivity contribution in [2.24, 2.45) is 0 Å². The molecule has 1 amide bonds. The van der Waals surface area contributed by atoms with Crippen molar-refractivity contribution in [1.82, 2.24) is 9.78 Å². The molecule has 0 aliphatic carbocycles. The van der Waals surface area contributed by atoms with Gasteiger partial charge in [-0.25, -0.2) is 0 Å². The number of nitrogens with zero attached hydrogens (tertiary/aromatic N) is 3. The molecule has 0 atom stereocenters. The minimum atomic E-state index is -0.881. The Balaban J connectivity index is 1.79. The minimum Gasteiger partial charge on any atom is -0.481 e. The van der Waals surface area contributed by atoms with Gasteiger partial charge in [0.05, 0.1) is 24.7 Å². The number of hydrogen-bond donors (Lipinski definition) is 1. The summed E-state index contributed by atoms with van der Waals surface area (Å²) in [5.74, 6) is -0.970. The van der Waals surface area contributed by atoms with Crippen molar-refractivity contribution in [2.45, 2.75) is 25.8 Å². The molecular formula is C16H17N3O3. The van der Waals surface area contributed by atoms with Crippen molar-refractivity contribution in [3.63, 3.8) is 0 Å². The Labute approximate surface area is 128 Å². The van der Waals surface area contributed by atoms with E-state index in [4.69, 9.17) is 5.11 Å². The van der Waals surface area contributed by atoms with E-state index in [1.54, 1.807) is 11.1 Å². The number of carboxylic acids is 1. The first-order valence-electron chi connectivity index (χ1n) is 7.29. The first-order chi connectivity index (χ1) is 10.6. The highest BCUT2D eigenvalue weighted by atomic mass is 16.4. The van der Waals surface area contributed by atoms with E-state index in [9.17, 15) is 9.59 Å². The highest BCUT2D eigenvalue weighted by Gasteiger charge is 2.24. The molecule has 114 valence electrons. The van der Waals surface area contributed by atoms with Crippen molar-refractivity contribution < 1.29 is 14.7 Å². The van der Waals surface area contributed by atoms with Gasteiger partial charge < -0.3 is 10.0 Å². The first-order valence-corrected chi connectivity index (χ1v) is 7.29. The summed E-state index contributed by atoms with van der Waals surface area (Å²) in [5, 5.41) is 12.8. The van der Waals surface area contributed by atoms with Gasteiger partial charge in [0.1, 0.15) is 0 Å². The third-order valence-corrected chi connectivity index (χ3v) is 3.79. The van der Waals surface area contributed by atoms with Crippen LogP contribution in [0.4, 0.5) is 5.69 Å². The number of fused-ring (bicyclic) bond motifs is 1. The summed E-state index contributed by atoms with van der Waals surface area (Å²) in [4.78, 5) is 25.0. The van der Waals surface area contributed by atoms with E-state index in [0.717, 1.165) is 18.5 Å². The van der Waals surface area contributed by atoms with Gasteiger partial charge in [-0.1, -0.05) is 18.2 Å². The summed E-state index contributed by atoms with van der Waals surface area (Å²) in [7, 11) is 0. The van der Waals surface area contributed by atoms with E-state index in [1.807, 2.05) is 24.3 Å². The Bertz CT molecular complexity index is 708. The number of hydrogen-bond acceptors (Lipinski definition) is 3. The molecule has 6 nitrogen and oxygen atoms in total. The quantitative estimate of drug-likeness (QED) is 0.936. The van der Waals surface area contributed by atoms with Crippen molar-refractivity contribution in [3.05, 3.63) is 47.8 Å². The fraction of sp³-hybridized carbons (Fsp3) is 0.312. The van der Waals surface area contributed by atoms with Gasteiger partial charge in [0.25, 0.3) is 5.91 Å². The molecule has 1 aromatic heterocycles. The van der Waals surface area contributed by atoms with Crippen LogP contribution in [0.3, 0.4) is 0 Å². The lowest BCUT2D eigenvalue weighted by Gasteiger charge is -2.29. The average Bonchev–Trinajstić information content (AvgIpc) is 3.00. The first kappa shape index (κ1) is 14.3. The second kappa shape index (κ2) is 6.01. The van der Waals surface area contributed by atoms with Gasteiger partial charge in [0.15, 0.2) is 0 Å². The summed E-state index contributed by atoms with van der Waals surface area (Å²) in [5.41, 5.74) is 2.62. The molecule has 0 bridgehead atoms. The molecule has 1 aromatic carbocycles. The number of anilines is 1. The molecule has 22 heavy (non-hydrogen) atoms. The molecule has 1 aliphatic heterocycles. The molecule has 0 unspecified atom stereocenters. The Hall–Kier alpha value is -2.63. The third-order valence-electron chi connectivity index (χ3n) is 3.79. The SMILES string of the molecule is O=C(O)CCn1cc(C(=O)N2CCCc3ccccc32)cn1. The molecule has 0 saturated heterocycles. The largest absolute Gasteiger partial charge is 0.481 e. The number of rotatable bonds is 4. The van der Waals surface area contributed by atoms with Crippen LogP contribution in [0.1, 0.15) is 28.8 Å². The highest BCUT2D eigenvalue weighted by molar-refractivity contribution is 6.06. The number of aryl methyl sites for hydroxylation is 2. The van der Waals surface area contributed by atoms with Crippen LogP contribution in [0.25, 0.3) is 0 Å². The van der Waals surface area contributed by atoms with E-state index in [1.165, 1.54) is 16.4 Å². The molecule has 0 spiro atoms. The van der Waals surface area contributed by atoms with Crippen LogP contribution in [0, 0.1) is 0 Å². The predicted molar refractivity (Wildman–Crippen MR) is 80.9 cm³/mol. The van der Waals surface area contributed by atoms with E-state index in [0.29, 0.717) is 12.1 Å². The van der Waals surface area contributed by atoms with E-state index >= 15 is 0 Å². The molecule has 0 saturated carbocycles. The van der Waals surface area contributed by atoms with Crippen molar-refractivity contribution in [1.29, 1.82) is 0 Å². The molecule has 3 rings (SSSR count). The minimum absolute atomic E-state index is 0.0120. The summed E-state index contributed by atoms with van der Waals surface area (Å²) < 4.78 is 1.50. The van der Waals surface area contributed by atoms with Crippen LogP contribution in [0.2, 0.25) is 0 Å². The summed E-state index contributed by atoms with van der Waals surface area (Å²) in [6.07, 6.45) is 5.03. The van der Waals surface area contributed by atoms with E-state index in [2.05, 4.69) is 5.10 Å². The zero-order valence-corrected chi connectivity index (χ0v) is 12.1. The molecule has 2 heterocycles. The standard InChI is InChI=1S/C16H17N3O3/c20-15(21)7-9-18-11-13(10-17-18)16(22)19-8-3-5-12-4-1-2-6-14(12)19/h1-2,4,6,10-11H,3,5,7-9H2,(H,20,21). The van der Waals surface area contributed by atoms with Crippen LogP contribution < -0.4 is 4.90 Å². The fourth-order valence-electron chi connectivity index (χ4n) is 2.71. The van der Waals surface area contributed by atoms with Crippen LogP contribution in [-0.2, 0) is 17.8 Å². The summed E-state index contributed by atoms with van der Waals surface area (Å²) in [6, 6.07) is 7.92. The predicted octanol–water partition coefficient (Wildman–Crippen LogP) is 1.95. The number of amides is 1. The van der Waals surface area contributed by atoms with E-state index < -0.39 is 5.97 Å². The normalized spacial score (nSPS) is 13.7. The average molecular weight is 299 g/mol. The number of benzene rings is 1. The molecule has 1 N–H and O–H groups in total. The highest BCUT2D eigenvalue weighted by Crippen LogP contribution is 2.27. The maximum absolute atomic E-state index is 12.7. The number of aliphatic carboxylic acids is 1. The van der Waals surface area contributed by atoms with E-state index in [-0.39, 0.29) is 18.9 Å². The molecule has 0 radical (unpaired) electrons. The van der Waals surface area contributed by atoms with Gasteiger partial charge in [-0.2, -0.15) is 5.10 Å². The molecule has 0 fully saturated rings. The van der Waals surface area contributed by atoms with Crippen molar-refractivity contribution in [2.75, 3.05) is 11.4 Å². The molecule has 6 heteroatoms. The number of carboxylic acid groups (broad SMARTS) is 1. The van der Waals surface area contributed by atoms with Gasteiger partial charge in [-0.3, -0.25) is 14.3 Å². The Morgan fingerprint density at radius 2 is 2.09 bits per heavy atom. The lowest BCUT2D eigenvalue weighted by molar-refractivity contribution is -0.137. The number of aromatic nitrogens is 2. The van der Waals surface area contributed by atoms with Crippen LogP contribution in [-0.4, -0.2) is 33.3 Å². The maximum atomic E-state index is 12.7. The maximum Gasteiger partial charge on any atom is 0.305 e. The zero-order chi connectivity index (χ0) is 15.5. The lowest BCUT2D eigenvalue weighted by Crippen LogP contribution is -2.35. The molecular weight excluding hydrogens is 282 g/mol. The second-order valence-corrected chi connectivity index (χ2v) is 5.32. The third kappa shape index (κ3) is 2.86. The Kier molecular flexibility index (Phi) is 3.91. The molecule has 1 aliphatic rings. The van der Waals surface area contributed by atoms with Crippen LogP contribution in [0.15, 0.2) is 36.7 Å². The van der Waals surface area contributed by atoms with Crippen molar-refractivity contribution >= 4 is 17.6 Å². The number of carbonyl (C=O) groups is 2. The lowest BCUT2D eigenvalue weighted by atomic mass is 10.0. The van der Waals surface area contributed by atoms with Gasteiger partial charge in [-0.15, -0.1) is 0 Å². The van der Waals surface area contributed by atoms with Crippen molar-refractivity contribution in [3.8, 4) is 0 Å². The Morgan fingerprint density at radius 1 is 1.27 bits per heavy atom. The molecule has 2 aromatic rings.